The maximum Gasteiger partial charge on any atom is 0.417 e. The first-order chi connectivity index (χ1) is 10.7. The van der Waals surface area contributed by atoms with Gasteiger partial charge in [-0.1, -0.05) is 11.6 Å². The highest BCUT2D eigenvalue weighted by molar-refractivity contribution is 7.89. The van der Waals surface area contributed by atoms with Gasteiger partial charge in [0, 0.05) is 39.3 Å². The van der Waals surface area contributed by atoms with Crippen LogP contribution >= 0.6 is 11.6 Å². The Morgan fingerprint density at radius 1 is 1.17 bits per heavy atom. The number of rotatable bonds is 4. The van der Waals surface area contributed by atoms with Gasteiger partial charge in [0.05, 0.1) is 15.5 Å². The quantitative estimate of drug-likeness (QED) is 0.873. The minimum absolute atomic E-state index is 0.215. The Kier molecular flexibility index (Phi) is 5.57. The summed E-state index contributed by atoms with van der Waals surface area (Å²) < 4.78 is 64.9. The summed E-state index contributed by atoms with van der Waals surface area (Å²) in [6.45, 7) is 2.55. The van der Waals surface area contributed by atoms with E-state index in [4.69, 9.17) is 17.3 Å². The lowest BCUT2D eigenvalue weighted by atomic mass is 10.2. The molecule has 0 amide bonds. The first kappa shape index (κ1) is 18.5. The van der Waals surface area contributed by atoms with Gasteiger partial charge in [0.2, 0.25) is 10.0 Å². The first-order valence-electron chi connectivity index (χ1n) is 6.95. The Morgan fingerprint density at radius 3 is 2.30 bits per heavy atom. The van der Waals surface area contributed by atoms with Crippen molar-refractivity contribution in [3.63, 3.8) is 0 Å². The van der Waals surface area contributed by atoms with Crippen molar-refractivity contribution in [1.29, 1.82) is 0 Å². The van der Waals surface area contributed by atoms with Crippen molar-refractivity contribution in [1.82, 2.24) is 9.21 Å². The molecule has 1 aliphatic rings. The number of nitrogens with zero attached hydrogens (tertiary/aromatic N) is 2. The van der Waals surface area contributed by atoms with Crippen LogP contribution in [0.2, 0.25) is 5.02 Å². The van der Waals surface area contributed by atoms with Crippen molar-refractivity contribution < 1.29 is 21.6 Å². The Bertz CT molecular complexity index is 659. The summed E-state index contributed by atoms with van der Waals surface area (Å²) in [5.41, 5.74) is 4.30. The van der Waals surface area contributed by atoms with Crippen molar-refractivity contribution >= 4 is 21.6 Å². The van der Waals surface area contributed by atoms with Gasteiger partial charge in [0.1, 0.15) is 0 Å². The molecule has 0 aliphatic carbocycles. The lowest BCUT2D eigenvalue weighted by Crippen LogP contribution is -2.49. The van der Waals surface area contributed by atoms with Gasteiger partial charge in [-0.2, -0.15) is 17.5 Å². The smallest absolute Gasteiger partial charge is 0.329 e. The molecule has 1 aliphatic heterocycles. The van der Waals surface area contributed by atoms with Gasteiger partial charge in [0.15, 0.2) is 0 Å². The van der Waals surface area contributed by atoms with Gasteiger partial charge < -0.3 is 5.73 Å². The van der Waals surface area contributed by atoms with Crippen LogP contribution in [0.4, 0.5) is 13.2 Å². The van der Waals surface area contributed by atoms with Crippen molar-refractivity contribution in [2.45, 2.75) is 11.1 Å². The molecule has 23 heavy (non-hydrogen) atoms. The van der Waals surface area contributed by atoms with Crippen LogP contribution in [0.3, 0.4) is 0 Å². The fraction of sp³-hybridized carbons (Fsp3) is 0.538. The average molecular weight is 372 g/mol. The molecule has 1 saturated heterocycles. The summed E-state index contributed by atoms with van der Waals surface area (Å²) in [7, 11) is -3.98. The van der Waals surface area contributed by atoms with Crippen molar-refractivity contribution in [2.24, 2.45) is 5.73 Å². The topological polar surface area (TPSA) is 66.6 Å². The summed E-state index contributed by atoms with van der Waals surface area (Å²) in [6, 6.07) is 2.64. The van der Waals surface area contributed by atoms with Crippen LogP contribution in [-0.2, 0) is 16.2 Å². The molecule has 2 rings (SSSR count). The number of sulfonamides is 1. The van der Waals surface area contributed by atoms with Gasteiger partial charge in [-0.05, 0) is 18.2 Å². The predicted octanol–water partition coefficient (Wildman–Crippen LogP) is 1.62. The Labute approximate surface area is 137 Å². The van der Waals surface area contributed by atoms with Crippen LogP contribution in [-0.4, -0.2) is 56.9 Å². The van der Waals surface area contributed by atoms with Crippen LogP contribution in [0.1, 0.15) is 5.56 Å². The van der Waals surface area contributed by atoms with E-state index in [0.29, 0.717) is 32.2 Å². The van der Waals surface area contributed by atoms with Gasteiger partial charge in [-0.3, -0.25) is 4.90 Å². The fourth-order valence-corrected chi connectivity index (χ4v) is 4.08. The van der Waals surface area contributed by atoms with Crippen LogP contribution in [0.15, 0.2) is 23.1 Å². The maximum atomic E-state index is 12.9. The second-order valence-electron chi connectivity index (χ2n) is 5.17. The second-order valence-corrected chi connectivity index (χ2v) is 7.52. The molecule has 0 aromatic heterocycles. The van der Waals surface area contributed by atoms with Crippen molar-refractivity contribution in [3.8, 4) is 0 Å². The van der Waals surface area contributed by atoms with E-state index in [-0.39, 0.29) is 13.1 Å². The highest BCUT2D eigenvalue weighted by Gasteiger charge is 2.36. The molecule has 1 heterocycles. The van der Waals surface area contributed by atoms with Crippen LogP contribution in [0.5, 0.6) is 0 Å². The molecule has 2 N–H and O–H groups in total. The van der Waals surface area contributed by atoms with E-state index in [0.717, 1.165) is 12.1 Å². The largest absolute Gasteiger partial charge is 0.417 e. The van der Waals surface area contributed by atoms with Gasteiger partial charge in [-0.15, -0.1) is 0 Å². The maximum absolute atomic E-state index is 12.9. The van der Waals surface area contributed by atoms with E-state index in [2.05, 4.69) is 0 Å². The lowest BCUT2D eigenvalue weighted by Gasteiger charge is -2.33. The standard InChI is InChI=1S/C13H17ClF3N3O2S/c14-12-2-1-10(9-11(12)13(15,16)17)23(21,22)20-7-5-19(4-3-18)6-8-20/h1-2,9H,3-8,18H2. The van der Waals surface area contributed by atoms with E-state index in [9.17, 15) is 21.6 Å². The van der Waals surface area contributed by atoms with E-state index < -0.39 is 31.7 Å². The number of nitrogens with two attached hydrogens (primary N) is 1. The zero-order valence-corrected chi connectivity index (χ0v) is 13.8. The molecule has 1 aromatic rings. The molecule has 130 valence electrons. The third kappa shape index (κ3) is 4.16. The molecular formula is C13H17ClF3N3O2S. The molecule has 0 unspecified atom stereocenters. The minimum Gasteiger partial charge on any atom is -0.329 e. The van der Waals surface area contributed by atoms with E-state index >= 15 is 0 Å². The number of hydrogen-bond donors (Lipinski definition) is 1. The number of halogens is 4. The van der Waals surface area contributed by atoms with Crippen LogP contribution in [0.25, 0.3) is 0 Å². The molecular weight excluding hydrogens is 355 g/mol. The summed E-state index contributed by atoms with van der Waals surface area (Å²) in [4.78, 5) is 1.61. The van der Waals surface area contributed by atoms with Crippen LogP contribution in [0, 0.1) is 0 Å². The third-order valence-electron chi connectivity index (χ3n) is 3.66. The highest BCUT2D eigenvalue weighted by Crippen LogP contribution is 2.36. The van der Waals surface area contributed by atoms with E-state index in [1.165, 1.54) is 4.31 Å². The van der Waals surface area contributed by atoms with Gasteiger partial charge in [-0.25, -0.2) is 8.42 Å². The summed E-state index contributed by atoms with van der Waals surface area (Å²) in [5.74, 6) is 0. The van der Waals surface area contributed by atoms with Crippen LogP contribution < -0.4 is 5.73 Å². The second kappa shape index (κ2) is 6.94. The molecule has 0 saturated carbocycles. The van der Waals surface area contributed by atoms with Gasteiger partial charge >= 0.3 is 6.18 Å². The molecule has 1 fully saturated rings. The lowest BCUT2D eigenvalue weighted by molar-refractivity contribution is -0.137. The number of benzene rings is 1. The van der Waals surface area contributed by atoms with Crippen molar-refractivity contribution in [3.05, 3.63) is 28.8 Å². The molecule has 0 radical (unpaired) electrons. The zero-order valence-electron chi connectivity index (χ0n) is 12.2. The summed E-state index contributed by atoms with van der Waals surface area (Å²) >= 11 is 5.52. The number of piperazine rings is 1. The highest BCUT2D eigenvalue weighted by atomic mass is 35.5. The van der Waals surface area contributed by atoms with E-state index in [1.54, 1.807) is 0 Å². The third-order valence-corrected chi connectivity index (χ3v) is 5.88. The monoisotopic (exact) mass is 371 g/mol. The molecule has 0 spiro atoms. The Hall–Kier alpha value is -0.870. The minimum atomic E-state index is -4.71. The molecule has 10 heteroatoms. The average Bonchev–Trinajstić information content (AvgIpc) is 2.47. The zero-order chi connectivity index (χ0) is 17.3. The Balaban J connectivity index is 2.24. The summed E-state index contributed by atoms with van der Waals surface area (Å²) in [6.07, 6.45) is -4.71. The SMILES string of the molecule is NCCN1CCN(S(=O)(=O)c2ccc(Cl)c(C(F)(F)F)c2)CC1. The molecule has 5 nitrogen and oxygen atoms in total. The van der Waals surface area contributed by atoms with Crippen molar-refractivity contribution in [2.75, 3.05) is 39.3 Å². The normalized spacial score (nSPS) is 18.3. The van der Waals surface area contributed by atoms with E-state index in [1.807, 2.05) is 4.90 Å². The number of alkyl halides is 3. The Morgan fingerprint density at radius 2 is 1.78 bits per heavy atom. The number of hydrogen-bond acceptors (Lipinski definition) is 4. The molecule has 0 bridgehead atoms. The molecule has 1 aromatic carbocycles. The summed E-state index contributed by atoms with van der Waals surface area (Å²) in [5, 5.41) is -0.524. The van der Waals surface area contributed by atoms with Gasteiger partial charge in [0.25, 0.3) is 0 Å². The molecule has 0 atom stereocenters. The fourth-order valence-electron chi connectivity index (χ4n) is 2.41. The predicted molar refractivity (Wildman–Crippen MR) is 80.7 cm³/mol. The first-order valence-corrected chi connectivity index (χ1v) is 8.77.